The van der Waals surface area contributed by atoms with E-state index in [0.29, 0.717) is 25.5 Å². The van der Waals surface area contributed by atoms with Crippen LogP contribution in [-0.2, 0) is 11.3 Å². The number of amides is 1. The number of aliphatic imine (C=N–C) groups is 1. The SMILES string of the molecule is CN=C(NCCC(=O)Nc1cc(Br)ccc1C)NCc1ccccc1. The number of anilines is 1. The van der Waals surface area contributed by atoms with Crippen LogP contribution < -0.4 is 16.0 Å². The Morgan fingerprint density at radius 2 is 1.88 bits per heavy atom. The first-order chi connectivity index (χ1) is 12.1. The van der Waals surface area contributed by atoms with Gasteiger partial charge in [0.15, 0.2) is 5.96 Å². The Bertz CT molecular complexity index is 731. The molecule has 6 heteroatoms. The van der Waals surface area contributed by atoms with Crippen LogP contribution in [0.3, 0.4) is 0 Å². The second-order valence-corrected chi connectivity index (χ2v) is 6.51. The minimum absolute atomic E-state index is 0.0350. The van der Waals surface area contributed by atoms with Crippen molar-refractivity contribution in [2.45, 2.75) is 19.9 Å². The largest absolute Gasteiger partial charge is 0.356 e. The normalized spacial score (nSPS) is 11.1. The lowest BCUT2D eigenvalue weighted by atomic mass is 10.2. The predicted molar refractivity (Wildman–Crippen MR) is 107 cm³/mol. The van der Waals surface area contributed by atoms with Crippen LogP contribution in [0.5, 0.6) is 0 Å². The number of carbonyl (C=O) groups excluding carboxylic acids is 1. The van der Waals surface area contributed by atoms with Crippen molar-refractivity contribution in [3.63, 3.8) is 0 Å². The zero-order valence-corrected chi connectivity index (χ0v) is 16.1. The highest BCUT2D eigenvalue weighted by Crippen LogP contribution is 2.20. The minimum Gasteiger partial charge on any atom is -0.356 e. The molecule has 0 aliphatic carbocycles. The molecule has 25 heavy (non-hydrogen) atoms. The molecule has 0 fully saturated rings. The van der Waals surface area contributed by atoms with E-state index < -0.39 is 0 Å². The Kier molecular flexibility index (Phi) is 7.47. The molecule has 2 rings (SSSR count). The summed E-state index contributed by atoms with van der Waals surface area (Å²) in [6.07, 6.45) is 0.359. The summed E-state index contributed by atoms with van der Waals surface area (Å²) in [4.78, 5) is 16.3. The molecule has 0 spiro atoms. The quantitative estimate of drug-likeness (QED) is 0.511. The molecule has 0 saturated heterocycles. The molecular weight excluding hydrogens is 380 g/mol. The highest BCUT2D eigenvalue weighted by atomic mass is 79.9. The molecular formula is C19H23BrN4O. The van der Waals surface area contributed by atoms with Crippen molar-refractivity contribution >= 4 is 33.5 Å². The highest BCUT2D eigenvalue weighted by molar-refractivity contribution is 9.10. The fourth-order valence-corrected chi connectivity index (χ4v) is 2.60. The van der Waals surface area contributed by atoms with E-state index in [0.717, 1.165) is 15.7 Å². The summed E-state index contributed by atoms with van der Waals surface area (Å²) < 4.78 is 0.942. The summed E-state index contributed by atoms with van der Waals surface area (Å²) in [5, 5.41) is 9.31. The molecule has 2 aromatic rings. The number of halogens is 1. The number of rotatable bonds is 6. The molecule has 0 aliphatic rings. The van der Waals surface area contributed by atoms with Gasteiger partial charge in [0.05, 0.1) is 0 Å². The Morgan fingerprint density at radius 1 is 1.12 bits per heavy atom. The fourth-order valence-electron chi connectivity index (χ4n) is 2.24. The van der Waals surface area contributed by atoms with Gasteiger partial charge in [-0.15, -0.1) is 0 Å². The van der Waals surface area contributed by atoms with Crippen molar-refractivity contribution in [2.75, 3.05) is 18.9 Å². The van der Waals surface area contributed by atoms with Gasteiger partial charge < -0.3 is 16.0 Å². The van der Waals surface area contributed by atoms with Crippen molar-refractivity contribution in [3.8, 4) is 0 Å². The molecule has 3 N–H and O–H groups in total. The topological polar surface area (TPSA) is 65.5 Å². The maximum absolute atomic E-state index is 12.1. The van der Waals surface area contributed by atoms with Gasteiger partial charge in [0, 0.05) is 36.7 Å². The number of hydrogen-bond acceptors (Lipinski definition) is 2. The van der Waals surface area contributed by atoms with E-state index in [1.165, 1.54) is 5.56 Å². The van der Waals surface area contributed by atoms with Gasteiger partial charge in [-0.25, -0.2) is 0 Å². The zero-order chi connectivity index (χ0) is 18.1. The fraction of sp³-hybridized carbons (Fsp3) is 0.263. The van der Waals surface area contributed by atoms with Crippen molar-refractivity contribution < 1.29 is 4.79 Å². The summed E-state index contributed by atoms with van der Waals surface area (Å²) >= 11 is 3.42. The van der Waals surface area contributed by atoms with Crippen molar-refractivity contribution in [2.24, 2.45) is 4.99 Å². The van der Waals surface area contributed by atoms with E-state index in [-0.39, 0.29) is 5.91 Å². The third-order valence-corrected chi connectivity index (χ3v) is 4.14. The van der Waals surface area contributed by atoms with Gasteiger partial charge in [0.25, 0.3) is 0 Å². The number of guanidine groups is 1. The molecule has 0 radical (unpaired) electrons. The van der Waals surface area contributed by atoms with Crippen LogP contribution >= 0.6 is 15.9 Å². The number of nitrogens with zero attached hydrogens (tertiary/aromatic N) is 1. The number of aryl methyl sites for hydroxylation is 1. The molecule has 0 unspecified atom stereocenters. The van der Waals surface area contributed by atoms with E-state index in [1.54, 1.807) is 7.05 Å². The lowest BCUT2D eigenvalue weighted by Crippen LogP contribution is -2.38. The van der Waals surface area contributed by atoms with Gasteiger partial charge in [0.2, 0.25) is 5.91 Å². The van der Waals surface area contributed by atoms with Crippen LogP contribution in [0.1, 0.15) is 17.5 Å². The Labute approximate surface area is 157 Å². The number of hydrogen-bond donors (Lipinski definition) is 3. The van der Waals surface area contributed by atoms with Crippen LogP contribution in [0, 0.1) is 6.92 Å². The lowest BCUT2D eigenvalue weighted by molar-refractivity contribution is -0.116. The maximum atomic E-state index is 12.1. The van der Waals surface area contributed by atoms with Crippen molar-refractivity contribution in [3.05, 3.63) is 64.1 Å². The summed E-state index contributed by atoms with van der Waals surface area (Å²) in [6, 6.07) is 15.9. The molecule has 132 valence electrons. The van der Waals surface area contributed by atoms with Crippen LogP contribution in [0.4, 0.5) is 5.69 Å². The molecule has 0 aromatic heterocycles. The highest BCUT2D eigenvalue weighted by Gasteiger charge is 2.06. The van der Waals surface area contributed by atoms with Crippen molar-refractivity contribution in [1.82, 2.24) is 10.6 Å². The van der Waals surface area contributed by atoms with Gasteiger partial charge >= 0.3 is 0 Å². The lowest BCUT2D eigenvalue weighted by Gasteiger charge is -2.12. The van der Waals surface area contributed by atoms with E-state index >= 15 is 0 Å². The number of nitrogens with one attached hydrogen (secondary N) is 3. The second kappa shape index (κ2) is 9.84. The Hall–Kier alpha value is -2.34. The van der Waals surface area contributed by atoms with Gasteiger partial charge in [-0.3, -0.25) is 9.79 Å². The summed E-state index contributed by atoms with van der Waals surface area (Å²) in [5.41, 5.74) is 3.03. The van der Waals surface area contributed by atoms with Crippen molar-refractivity contribution in [1.29, 1.82) is 0 Å². The molecule has 0 aliphatic heterocycles. The van der Waals surface area contributed by atoms with Gasteiger partial charge in [-0.05, 0) is 30.2 Å². The second-order valence-electron chi connectivity index (χ2n) is 5.60. The molecule has 2 aromatic carbocycles. The number of carbonyl (C=O) groups is 1. The average Bonchev–Trinajstić information content (AvgIpc) is 2.62. The smallest absolute Gasteiger partial charge is 0.226 e. The first kappa shape index (κ1) is 19.0. The molecule has 1 amide bonds. The van der Waals surface area contributed by atoms with Gasteiger partial charge in [-0.2, -0.15) is 0 Å². The molecule has 0 bridgehead atoms. The van der Waals surface area contributed by atoms with Crippen LogP contribution in [0.2, 0.25) is 0 Å². The third kappa shape index (κ3) is 6.58. The van der Waals surface area contributed by atoms with E-state index in [2.05, 4.69) is 36.9 Å². The van der Waals surface area contributed by atoms with Gasteiger partial charge in [0.1, 0.15) is 0 Å². The monoisotopic (exact) mass is 402 g/mol. The number of benzene rings is 2. The Balaban J connectivity index is 1.74. The third-order valence-electron chi connectivity index (χ3n) is 3.64. The summed E-state index contributed by atoms with van der Waals surface area (Å²) in [6.45, 7) is 3.16. The van der Waals surface area contributed by atoms with E-state index in [9.17, 15) is 4.79 Å². The molecule has 0 heterocycles. The predicted octanol–water partition coefficient (Wildman–Crippen LogP) is 3.45. The van der Waals surface area contributed by atoms with E-state index in [1.807, 2.05) is 55.5 Å². The summed E-state index contributed by atoms with van der Waals surface area (Å²) in [5.74, 6) is 0.641. The van der Waals surface area contributed by atoms with Gasteiger partial charge in [-0.1, -0.05) is 52.3 Å². The first-order valence-electron chi connectivity index (χ1n) is 8.13. The molecule has 0 atom stereocenters. The zero-order valence-electron chi connectivity index (χ0n) is 14.5. The molecule has 5 nitrogen and oxygen atoms in total. The Morgan fingerprint density at radius 3 is 2.60 bits per heavy atom. The minimum atomic E-state index is -0.0350. The van der Waals surface area contributed by atoms with Crippen LogP contribution in [0.15, 0.2) is 58.0 Å². The van der Waals surface area contributed by atoms with E-state index in [4.69, 9.17) is 0 Å². The molecule has 0 saturated carbocycles. The maximum Gasteiger partial charge on any atom is 0.226 e. The van der Waals surface area contributed by atoms with Crippen LogP contribution in [-0.4, -0.2) is 25.5 Å². The first-order valence-corrected chi connectivity index (χ1v) is 8.92. The standard InChI is InChI=1S/C19H23BrN4O/c1-14-8-9-16(20)12-17(14)24-18(25)10-11-22-19(21-2)23-13-15-6-4-3-5-7-15/h3-9,12H,10-11,13H2,1-2H3,(H,24,25)(H2,21,22,23). The average molecular weight is 403 g/mol. The van der Waals surface area contributed by atoms with Crippen LogP contribution in [0.25, 0.3) is 0 Å². The summed E-state index contributed by atoms with van der Waals surface area (Å²) in [7, 11) is 1.71.